The van der Waals surface area contributed by atoms with Crippen molar-refractivity contribution in [3.05, 3.63) is 82.4 Å². The number of benzene rings is 2. The van der Waals surface area contributed by atoms with Gasteiger partial charge in [-0.05, 0) is 95.6 Å². The van der Waals surface area contributed by atoms with E-state index < -0.39 is 5.60 Å². The maximum atomic E-state index is 12.8. The number of carbonyl (C=O) groups is 1. The quantitative estimate of drug-likeness (QED) is 0.324. The molecule has 1 N–H and O–H groups in total. The monoisotopic (exact) mass is 505 g/mol. The van der Waals surface area contributed by atoms with E-state index >= 15 is 0 Å². The molecular formula is C27H28ClN5O3. The van der Waals surface area contributed by atoms with Crippen molar-refractivity contribution in [1.29, 1.82) is 0 Å². The molecule has 0 spiro atoms. The Labute approximate surface area is 215 Å². The Morgan fingerprint density at radius 3 is 2.19 bits per heavy atom. The number of aromatic nitrogens is 4. The van der Waals surface area contributed by atoms with Gasteiger partial charge in [0.1, 0.15) is 17.3 Å². The van der Waals surface area contributed by atoms with Gasteiger partial charge in [0.2, 0.25) is 5.88 Å². The van der Waals surface area contributed by atoms with Crippen LogP contribution in [0.4, 0.5) is 5.69 Å². The third kappa shape index (κ3) is 5.66. The predicted molar refractivity (Wildman–Crippen MR) is 139 cm³/mol. The highest BCUT2D eigenvalue weighted by molar-refractivity contribution is 6.30. The number of anilines is 1. The van der Waals surface area contributed by atoms with Crippen LogP contribution in [0.5, 0.6) is 17.4 Å². The molecule has 0 saturated heterocycles. The fourth-order valence-corrected chi connectivity index (χ4v) is 3.61. The average Bonchev–Trinajstić information content (AvgIpc) is 3.08. The first-order valence-electron chi connectivity index (χ1n) is 11.4. The molecule has 8 nitrogen and oxygen atoms in total. The number of rotatable bonds is 7. The number of hydrogen-bond donors (Lipinski definition) is 1. The summed E-state index contributed by atoms with van der Waals surface area (Å²) in [5.41, 5.74) is 2.59. The zero-order valence-electron chi connectivity index (χ0n) is 21.1. The SMILES string of the molecule is Cc1nc(Oc2ccc(NC(=O)C(C)(C)Oc3ccc(Cl)cc3)cc2)cc(-n2nc(C)c(C)c2C)n1. The van der Waals surface area contributed by atoms with Crippen LogP contribution >= 0.6 is 11.6 Å². The molecule has 2 heterocycles. The Balaban J connectivity index is 1.44. The summed E-state index contributed by atoms with van der Waals surface area (Å²) in [4.78, 5) is 21.7. The first-order valence-corrected chi connectivity index (χ1v) is 11.8. The van der Waals surface area contributed by atoms with Crippen LogP contribution in [-0.2, 0) is 4.79 Å². The molecule has 0 radical (unpaired) electrons. The molecule has 36 heavy (non-hydrogen) atoms. The molecule has 0 atom stereocenters. The minimum atomic E-state index is -1.10. The molecule has 0 aliphatic heterocycles. The fraction of sp³-hybridized carbons (Fsp3) is 0.259. The number of halogens is 1. The Morgan fingerprint density at radius 1 is 0.944 bits per heavy atom. The third-order valence-corrected chi connectivity index (χ3v) is 5.99. The highest BCUT2D eigenvalue weighted by Crippen LogP contribution is 2.26. The van der Waals surface area contributed by atoms with Crippen LogP contribution in [0.1, 0.15) is 36.6 Å². The zero-order valence-corrected chi connectivity index (χ0v) is 21.8. The standard InChI is InChI=1S/C27H28ClN5O3/c1-16-17(2)32-33(18(16)3)24-15-25(30-19(4)29-24)35-22-13-9-21(10-14-22)31-26(34)27(5,6)36-23-11-7-20(28)8-12-23/h7-15H,1-6H3,(H,31,34). The van der Waals surface area contributed by atoms with E-state index in [1.807, 2.05) is 20.8 Å². The Hall–Kier alpha value is -3.91. The van der Waals surface area contributed by atoms with Gasteiger partial charge < -0.3 is 14.8 Å². The van der Waals surface area contributed by atoms with E-state index in [1.165, 1.54) is 0 Å². The number of nitrogens with zero attached hydrogens (tertiary/aromatic N) is 4. The van der Waals surface area contributed by atoms with E-state index in [0.717, 1.165) is 17.0 Å². The Bertz CT molecular complexity index is 1400. The number of nitrogens with one attached hydrogen (secondary N) is 1. The number of carbonyl (C=O) groups excluding carboxylic acids is 1. The topological polar surface area (TPSA) is 91.2 Å². The van der Waals surface area contributed by atoms with Gasteiger partial charge >= 0.3 is 0 Å². The van der Waals surface area contributed by atoms with Crippen molar-refractivity contribution in [2.75, 3.05) is 5.32 Å². The second kappa shape index (κ2) is 9.99. The first kappa shape index (κ1) is 25.2. The molecule has 0 unspecified atom stereocenters. The highest BCUT2D eigenvalue weighted by Gasteiger charge is 2.30. The molecule has 1 amide bonds. The fourth-order valence-electron chi connectivity index (χ4n) is 3.48. The van der Waals surface area contributed by atoms with E-state index in [2.05, 4.69) is 20.4 Å². The van der Waals surface area contributed by atoms with Crippen LogP contribution in [0.25, 0.3) is 5.82 Å². The van der Waals surface area contributed by atoms with Crippen LogP contribution in [0.3, 0.4) is 0 Å². The smallest absolute Gasteiger partial charge is 0.267 e. The number of ether oxygens (including phenoxy) is 2. The maximum absolute atomic E-state index is 12.8. The normalized spacial score (nSPS) is 11.3. The van der Waals surface area contributed by atoms with Crippen LogP contribution < -0.4 is 14.8 Å². The van der Waals surface area contributed by atoms with Crippen molar-refractivity contribution < 1.29 is 14.3 Å². The summed E-state index contributed by atoms with van der Waals surface area (Å²) >= 11 is 5.92. The number of aryl methyl sites for hydroxylation is 2. The minimum absolute atomic E-state index is 0.289. The molecule has 9 heteroatoms. The van der Waals surface area contributed by atoms with Crippen LogP contribution in [0.15, 0.2) is 54.6 Å². The molecule has 2 aromatic heterocycles. The lowest BCUT2D eigenvalue weighted by Crippen LogP contribution is -2.42. The first-order chi connectivity index (χ1) is 17.0. The average molecular weight is 506 g/mol. The molecule has 186 valence electrons. The van der Waals surface area contributed by atoms with E-state index in [1.54, 1.807) is 80.1 Å². The highest BCUT2D eigenvalue weighted by atomic mass is 35.5. The predicted octanol–water partition coefficient (Wildman–Crippen LogP) is 6.14. The lowest BCUT2D eigenvalue weighted by molar-refractivity contribution is -0.128. The largest absolute Gasteiger partial charge is 0.478 e. The van der Waals surface area contributed by atoms with Gasteiger partial charge in [-0.1, -0.05) is 11.6 Å². The molecular weight excluding hydrogens is 478 g/mol. The van der Waals surface area contributed by atoms with E-state index in [9.17, 15) is 4.79 Å². The van der Waals surface area contributed by atoms with Crippen molar-refractivity contribution in [2.24, 2.45) is 0 Å². The molecule has 2 aromatic carbocycles. The van der Waals surface area contributed by atoms with Gasteiger partial charge in [-0.25, -0.2) is 9.67 Å². The van der Waals surface area contributed by atoms with Crippen LogP contribution in [0, 0.1) is 27.7 Å². The van der Waals surface area contributed by atoms with Gasteiger partial charge in [-0.15, -0.1) is 0 Å². The van der Waals surface area contributed by atoms with Gasteiger partial charge in [0.15, 0.2) is 11.4 Å². The summed E-state index contributed by atoms with van der Waals surface area (Å²) in [7, 11) is 0. The van der Waals surface area contributed by atoms with Crippen molar-refractivity contribution >= 4 is 23.2 Å². The lowest BCUT2D eigenvalue weighted by atomic mass is 10.1. The molecule has 0 fully saturated rings. The maximum Gasteiger partial charge on any atom is 0.267 e. The number of amides is 1. The molecule has 4 rings (SSSR count). The molecule has 0 aliphatic carbocycles. The van der Waals surface area contributed by atoms with E-state index in [4.69, 9.17) is 21.1 Å². The third-order valence-electron chi connectivity index (χ3n) is 5.74. The van der Waals surface area contributed by atoms with Gasteiger partial charge in [-0.3, -0.25) is 4.79 Å². The molecule has 0 saturated carbocycles. The minimum Gasteiger partial charge on any atom is -0.478 e. The van der Waals surface area contributed by atoms with Gasteiger partial charge in [-0.2, -0.15) is 10.1 Å². The van der Waals surface area contributed by atoms with Gasteiger partial charge in [0, 0.05) is 22.5 Å². The summed E-state index contributed by atoms with van der Waals surface area (Å²) in [6, 6.07) is 15.6. The van der Waals surface area contributed by atoms with Crippen LogP contribution in [0.2, 0.25) is 5.02 Å². The molecule has 0 bridgehead atoms. The molecule has 0 aliphatic rings. The Morgan fingerprint density at radius 2 is 1.58 bits per heavy atom. The van der Waals surface area contributed by atoms with Gasteiger partial charge in [0.25, 0.3) is 5.91 Å². The zero-order chi connectivity index (χ0) is 26.0. The lowest BCUT2D eigenvalue weighted by Gasteiger charge is -2.25. The summed E-state index contributed by atoms with van der Waals surface area (Å²) in [6.45, 7) is 11.2. The van der Waals surface area contributed by atoms with E-state index in [-0.39, 0.29) is 5.91 Å². The van der Waals surface area contributed by atoms with Crippen molar-refractivity contribution in [2.45, 2.75) is 47.1 Å². The van der Waals surface area contributed by atoms with Crippen molar-refractivity contribution in [3.8, 4) is 23.2 Å². The molecule has 4 aromatic rings. The summed E-state index contributed by atoms with van der Waals surface area (Å²) in [5, 5.41) is 8.05. The van der Waals surface area contributed by atoms with E-state index in [0.29, 0.717) is 39.7 Å². The second-order valence-electron chi connectivity index (χ2n) is 8.97. The summed E-state index contributed by atoms with van der Waals surface area (Å²) in [5.74, 6) is 2.44. The second-order valence-corrected chi connectivity index (χ2v) is 9.40. The Kier molecular flexibility index (Phi) is 6.99. The van der Waals surface area contributed by atoms with Crippen LogP contribution in [-0.4, -0.2) is 31.3 Å². The van der Waals surface area contributed by atoms with Crippen molar-refractivity contribution in [1.82, 2.24) is 19.7 Å². The summed E-state index contributed by atoms with van der Waals surface area (Å²) in [6.07, 6.45) is 0. The number of hydrogen-bond acceptors (Lipinski definition) is 6. The van der Waals surface area contributed by atoms with Gasteiger partial charge in [0.05, 0.1) is 5.69 Å². The van der Waals surface area contributed by atoms with Crippen molar-refractivity contribution in [3.63, 3.8) is 0 Å². The summed E-state index contributed by atoms with van der Waals surface area (Å²) < 4.78 is 13.6.